The quantitative estimate of drug-likeness (QED) is 0.663. The number of carbonyl (C=O) groups excluding carboxylic acids is 1. The minimum atomic E-state index is 0.171. The van der Waals surface area contributed by atoms with Crippen molar-refractivity contribution in [2.45, 2.75) is 58.3 Å². The largest absolute Gasteiger partial charge is 0.294 e. The number of carbonyl (C=O) groups is 1. The average molecular weight is 228 g/mol. The molecule has 1 aromatic rings. The Kier molecular flexibility index (Phi) is 2.23. The summed E-state index contributed by atoms with van der Waals surface area (Å²) < 4.78 is 0. The predicted octanol–water partition coefficient (Wildman–Crippen LogP) is 3.60. The summed E-state index contributed by atoms with van der Waals surface area (Å²) in [5.41, 5.74) is 7.08. The van der Waals surface area contributed by atoms with Gasteiger partial charge in [-0.15, -0.1) is 0 Å². The fraction of sp³-hybridized carbons (Fsp3) is 0.562. The third-order valence-electron chi connectivity index (χ3n) is 4.16. The molecule has 0 atom stereocenters. The first-order chi connectivity index (χ1) is 7.98. The van der Waals surface area contributed by atoms with E-state index in [1.165, 1.54) is 36.0 Å². The van der Waals surface area contributed by atoms with Gasteiger partial charge in [-0.05, 0) is 59.4 Å². The highest BCUT2D eigenvalue weighted by atomic mass is 16.1. The Bertz CT molecular complexity index is 503. The van der Waals surface area contributed by atoms with Crippen molar-refractivity contribution in [3.05, 3.63) is 33.9 Å². The summed E-state index contributed by atoms with van der Waals surface area (Å²) in [6.45, 7) is 6.85. The van der Waals surface area contributed by atoms with E-state index in [-0.39, 0.29) is 5.41 Å². The Labute approximate surface area is 103 Å². The molecule has 0 radical (unpaired) electrons. The van der Waals surface area contributed by atoms with Crippen molar-refractivity contribution in [2.24, 2.45) is 0 Å². The molecule has 0 aliphatic heterocycles. The Balaban J connectivity index is 2.32. The van der Waals surface area contributed by atoms with Crippen LogP contribution in [-0.4, -0.2) is 5.78 Å². The van der Waals surface area contributed by atoms with Crippen LogP contribution in [0.1, 0.15) is 66.2 Å². The highest BCUT2D eigenvalue weighted by molar-refractivity contribution is 6.01. The summed E-state index contributed by atoms with van der Waals surface area (Å²) in [4.78, 5) is 11.9. The second kappa shape index (κ2) is 3.44. The minimum Gasteiger partial charge on any atom is -0.294 e. The highest BCUT2D eigenvalue weighted by Crippen LogP contribution is 2.40. The summed E-state index contributed by atoms with van der Waals surface area (Å²) in [7, 11) is 0. The number of Topliss-reactive ketones (excluding diaryl/α,β-unsaturated/α-hetero) is 1. The first kappa shape index (κ1) is 11.0. The summed E-state index contributed by atoms with van der Waals surface area (Å²) >= 11 is 0. The third-order valence-corrected chi connectivity index (χ3v) is 4.16. The maximum absolute atomic E-state index is 11.9. The number of hydrogen-bond acceptors (Lipinski definition) is 1. The summed E-state index contributed by atoms with van der Waals surface area (Å²) in [6, 6.07) is 2.20. The van der Waals surface area contributed by atoms with Gasteiger partial charge >= 0.3 is 0 Å². The molecule has 2 aliphatic carbocycles. The van der Waals surface area contributed by atoms with Gasteiger partial charge in [0.2, 0.25) is 0 Å². The van der Waals surface area contributed by atoms with Gasteiger partial charge in [0.05, 0.1) is 0 Å². The van der Waals surface area contributed by atoms with Crippen molar-refractivity contribution in [1.29, 1.82) is 0 Å². The van der Waals surface area contributed by atoms with Crippen LogP contribution in [0, 0.1) is 0 Å². The van der Waals surface area contributed by atoms with Crippen molar-refractivity contribution in [1.82, 2.24) is 0 Å². The van der Waals surface area contributed by atoms with E-state index in [4.69, 9.17) is 0 Å². The molecule has 0 spiro atoms. The molecule has 90 valence electrons. The Morgan fingerprint density at radius 1 is 1.00 bits per heavy atom. The lowest BCUT2D eigenvalue weighted by molar-refractivity contribution is 0.0994. The van der Waals surface area contributed by atoms with Crippen LogP contribution in [0.15, 0.2) is 6.07 Å². The molecule has 0 heterocycles. The first-order valence-corrected chi connectivity index (χ1v) is 6.70. The van der Waals surface area contributed by atoms with Crippen LogP contribution in [0.4, 0.5) is 0 Å². The molecule has 1 heteroatoms. The van der Waals surface area contributed by atoms with Gasteiger partial charge in [0, 0.05) is 12.0 Å². The molecule has 1 nitrogen and oxygen atoms in total. The van der Waals surface area contributed by atoms with Crippen LogP contribution in [0.5, 0.6) is 0 Å². The molecule has 0 unspecified atom stereocenters. The Morgan fingerprint density at radius 3 is 2.47 bits per heavy atom. The number of aryl methyl sites for hydroxylation is 1. The van der Waals surface area contributed by atoms with E-state index in [2.05, 4.69) is 26.8 Å². The molecule has 17 heavy (non-hydrogen) atoms. The number of benzene rings is 1. The van der Waals surface area contributed by atoms with Gasteiger partial charge in [-0.3, -0.25) is 4.79 Å². The highest BCUT2D eigenvalue weighted by Gasteiger charge is 2.32. The topological polar surface area (TPSA) is 17.1 Å². The molecule has 0 saturated carbocycles. The third kappa shape index (κ3) is 1.55. The molecule has 0 amide bonds. The van der Waals surface area contributed by atoms with Crippen molar-refractivity contribution in [3.8, 4) is 0 Å². The smallest absolute Gasteiger partial charge is 0.163 e. The normalized spacial score (nSPS) is 18.4. The van der Waals surface area contributed by atoms with Crippen LogP contribution < -0.4 is 0 Å². The second-order valence-electron chi connectivity index (χ2n) is 6.44. The second-order valence-corrected chi connectivity index (χ2v) is 6.44. The van der Waals surface area contributed by atoms with Gasteiger partial charge in [-0.1, -0.05) is 20.8 Å². The van der Waals surface area contributed by atoms with E-state index in [9.17, 15) is 4.79 Å². The standard InChI is InChI=1S/C16H20O/c1-16(2,3)15-11-6-4-5-10(11)9-13-12(15)7-8-14(13)17/h9H,4-8H2,1-3H3. The van der Waals surface area contributed by atoms with E-state index in [1.807, 2.05) is 0 Å². The monoisotopic (exact) mass is 228 g/mol. The van der Waals surface area contributed by atoms with Crippen LogP contribution >= 0.6 is 0 Å². The van der Waals surface area contributed by atoms with Gasteiger partial charge in [0.15, 0.2) is 5.78 Å². The molecule has 0 aromatic heterocycles. The Hall–Kier alpha value is -1.11. The van der Waals surface area contributed by atoms with E-state index in [0.29, 0.717) is 5.78 Å². The molecular formula is C16H20O. The summed E-state index contributed by atoms with van der Waals surface area (Å²) in [5, 5.41) is 0. The van der Waals surface area contributed by atoms with Crippen molar-refractivity contribution < 1.29 is 4.79 Å². The number of ketones is 1. The lowest BCUT2D eigenvalue weighted by Gasteiger charge is -2.26. The van der Waals surface area contributed by atoms with Crippen LogP contribution in [0.3, 0.4) is 0 Å². The van der Waals surface area contributed by atoms with Crippen molar-refractivity contribution in [2.75, 3.05) is 0 Å². The number of rotatable bonds is 0. The Morgan fingerprint density at radius 2 is 1.76 bits per heavy atom. The van der Waals surface area contributed by atoms with E-state index < -0.39 is 0 Å². The fourth-order valence-corrected chi connectivity index (χ4v) is 3.58. The van der Waals surface area contributed by atoms with Crippen LogP contribution in [-0.2, 0) is 24.7 Å². The molecule has 0 saturated heterocycles. The van der Waals surface area contributed by atoms with E-state index >= 15 is 0 Å². The minimum absolute atomic E-state index is 0.171. The molecule has 0 N–H and O–H groups in total. The zero-order valence-corrected chi connectivity index (χ0v) is 11.0. The fourth-order valence-electron chi connectivity index (χ4n) is 3.58. The molecule has 2 aliphatic rings. The molecule has 0 fully saturated rings. The van der Waals surface area contributed by atoms with Gasteiger partial charge in [0.25, 0.3) is 0 Å². The first-order valence-electron chi connectivity index (χ1n) is 6.70. The van der Waals surface area contributed by atoms with E-state index in [0.717, 1.165) is 18.4 Å². The lowest BCUT2D eigenvalue weighted by atomic mass is 9.78. The molecule has 0 bridgehead atoms. The molecular weight excluding hydrogens is 208 g/mol. The van der Waals surface area contributed by atoms with Crippen LogP contribution in [0.25, 0.3) is 0 Å². The van der Waals surface area contributed by atoms with Gasteiger partial charge < -0.3 is 0 Å². The zero-order valence-electron chi connectivity index (χ0n) is 11.0. The maximum atomic E-state index is 11.9. The number of hydrogen-bond donors (Lipinski definition) is 0. The molecule has 3 rings (SSSR count). The lowest BCUT2D eigenvalue weighted by Crippen LogP contribution is -2.18. The maximum Gasteiger partial charge on any atom is 0.163 e. The van der Waals surface area contributed by atoms with Crippen molar-refractivity contribution >= 4 is 5.78 Å². The van der Waals surface area contributed by atoms with Gasteiger partial charge in [-0.25, -0.2) is 0 Å². The summed E-state index contributed by atoms with van der Waals surface area (Å²) in [6.07, 6.45) is 5.33. The zero-order chi connectivity index (χ0) is 12.2. The van der Waals surface area contributed by atoms with Gasteiger partial charge in [-0.2, -0.15) is 0 Å². The van der Waals surface area contributed by atoms with Crippen molar-refractivity contribution in [3.63, 3.8) is 0 Å². The van der Waals surface area contributed by atoms with Gasteiger partial charge in [0.1, 0.15) is 0 Å². The number of fused-ring (bicyclic) bond motifs is 2. The molecule has 1 aromatic carbocycles. The predicted molar refractivity (Wildman–Crippen MR) is 69.8 cm³/mol. The van der Waals surface area contributed by atoms with Crippen LogP contribution in [0.2, 0.25) is 0 Å². The SMILES string of the molecule is CC(C)(C)c1c2c(cc3c1CCC3=O)CCC2. The average Bonchev–Trinajstić information content (AvgIpc) is 2.81. The summed E-state index contributed by atoms with van der Waals surface area (Å²) in [5.74, 6) is 0.361. The van der Waals surface area contributed by atoms with E-state index in [1.54, 1.807) is 5.56 Å².